The number of nitrogens with one attached hydrogen (secondary N) is 3. The van der Waals surface area contributed by atoms with Gasteiger partial charge in [0.15, 0.2) is 0 Å². The standard InChI is InChI=1S/C28H29N3O/c1-19(28(32)30-22-16-17-22)29-18-24(20-10-4-2-5-11-20)26-23-14-8-9-15-25(23)31-27(26)21-12-6-3-7-13-21/h2-15,19,22,24,29,31H,16-18H2,1H3,(H,30,32)/t19-,24-/m0/s1. The maximum absolute atomic E-state index is 12.6. The molecule has 3 aromatic carbocycles. The fourth-order valence-electron chi connectivity index (χ4n) is 4.37. The summed E-state index contributed by atoms with van der Waals surface area (Å²) in [5, 5.41) is 7.85. The lowest BCUT2D eigenvalue weighted by Crippen LogP contribution is -2.44. The van der Waals surface area contributed by atoms with Crippen LogP contribution in [0.15, 0.2) is 84.9 Å². The summed E-state index contributed by atoms with van der Waals surface area (Å²) in [6.45, 7) is 2.62. The first kappa shape index (κ1) is 20.5. The molecule has 0 aliphatic heterocycles. The topological polar surface area (TPSA) is 56.9 Å². The third-order valence-corrected chi connectivity index (χ3v) is 6.30. The summed E-state index contributed by atoms with van der Waals surface area (Å²) in [7, 11) is 0. The molecule has 1 aromatic heterocycles. The fraction of sp³-hybridized carbons (Fsp3) is 0.250. The van der Waals surface area contributed by atoms with Crippen molar-refractivity contribution in [2.45, 2.75) is 37.8 Å². The zero-order chi connectivity index (χ0) is 21.9. The van der Waals surface area contributed by atoms with Crippen LogP contribution in [0.4, 0.5) is 0 Å². The van der Waals surface area contributed by atoms with E-state index in [2.05, 4.69) is 88.4 Å². The number of amides is 1. The number of hydrogen-bond donors (Lipinski definition) is 3. The van der Waals surface area contributed by atoms with Gasteiger partial charge in [-0.15, -0.1) is 0 Å². The maximum Gasteiger partial charge on any atom is 0.237 e. The first-order chi connectivity index (χ1) is 15.7. The molecule has 1 saturated carbocycles. The van der Waals surface area contributed by atoms with Crippen LogP contribution >= 0.6 is 0 Å². The van der Waals surface area contributed by atoms with E-state index in [-0.39, 0.29) is 17.9 Å². The Morgan fingerprint density at radius 1 is 0.938 bits per heavy atom. The lowest BCUT2D eigenvalue weighted by Gasteiger charge is -2.23. The van der Waals surface area contributed by atoms with Gasteiger partial charge in [0.05, 0.1) is 11.7 Å². The zero-order valence-corrected chi connectivity index (χ0v) is 18.3. The minimum Gasteiger partial charge on any atom is -0.354 e. The molecule has 4 aromatic rings. The predicted octanol–water partition coefficient (Wildman–Crippen LogP) is 5.22. The van der Waals surface area contributed by atoms with Gasteiger partial charge in [-0.3, -0.25) is 4.79 Å². The molecule has 1 aliphatic rings. The molecule has 4 nitrogen and oxygen atoms in total. The molecule has 1 heterocycles. The molecule has 1 amide bonds. The molecule has 5 rings (SSSR count). The summed E-state index contributed by atoms with van der Waals surface area (Å²) < 4.78 is 0. The molecule has 0 bridgehead atoms. The van der Waals surface area contributed by atoms with E-state index in [1.807, 2.05) is 19.1 Å². The van der Waals surface area contributed by atoms with E-state index in [1.165, 1.54) is 22.1 Å². The van der Waals surface area contributed by atoms with Crippen LogP contribution in [0, 0.1) is 0 Å². The molecular weight excluding hydrogens is 394 g/mol. The molecule has 2 atom stereocenters. The smallest absolute Gasteiger partial charge is 0.237 e. The Morgan fingerprint density at radius 3 is 2.31 bits per heavy atom. The average molecular weight is 424 g/mol. The monoisotopic (exact) mass is 423 g/mol. The van der Waals surface area contributed by atoms with Gasteiger partial charge in [0.1, 0.15) is 0 Å². The average Bonchev–Trinajstić information content (AvgIpc) is 3.58. The van der Waals surface area contributed by atoms with Crippen molar-refractivity contribution in [2.75, 3.05) is 6.54 Å². The quantitative estimate of drug-likeness (QED) is 0.364. The van der Waals surface area contributed by atoms with E-state index in [1.54, 1.807) is 0 Å². The second-order valence-corrected chi connectivity index (χ2v) is 8.70. The largest absolute Gasteiger partial charge is 0.354 e. The Bertz CT molecular complexity index is 1200. The highest BCUT2D eigenvalue weighted by atomic mass is 16.2. The van der Waals surface area contributed by atoms with Crippen molar-refractivity contribution in [3.63, 3.8) is 0 Å². The molecule has 0 radical (unpaired) electrons. The number of carbonyl (C=O) groups excluding carboxylic acids is 1. The number of aromatic amines is 1. The Morgan fingerprint density at radius 2 is 1.59 bits per heavy atom. The Kier molecular flexibility index (Phi) is 5.78. The molecule has 162 valence electrons. The van der Waals surface area contributed by atoms with Gasteiger partial charge >= 0.3 is 0 Å². The number of para-hydroxylation sites is 1. The molecule has 0 saturated heterocycles. The third-order valence-electron chi connectivity index (χ3n) is 6.30. The molecule has 1 aliphatic carbocycles. The SMILES string of the molecule is C[C@H](NC[C@@H](c1ccccc1)c1c(-c2ccccc2)[nH]c2ccccc12)C(=O)NC1CC1. The molecule has 1 fully saturated rings. The van der Waals surface area contributed by atoms with Crippen LogP contribution in [-0.4, -0.2) is 29.5 Å². The van der Waals surface area contributed by atoms with Gasteiger partial charge in [0.25, 0.3) is 0 Å². The fourth-order valence-corrected chi connectivity index (χ4v) is 4.37. The number of H-pyrrole nitrogens is 1. The minimum absolute atomic E-state index is 0.0847. The second kappa shape index (κ2) is 9.01. The third kappa shape index (κ3) is 4.32. The van der Waals surface area contributed by atoms with E-state index in [0.717, 1.165) is 24.1 Å². The van der Waals surface area contributed by atoms with Gasteiger partial charge in [-0.05, 0) is 42.5 Å². The van der Waals surface area contributed by atoms with Crippen LogP contribution in [-0.2, 0) is 4.79 Å². The summed E-state index contributed by atoms with van der Waals surface area (Å²) in [5.74, 6) is 0.181. The van der Waals surface area contributed by atoms with Gasteiger partial charge in [-0.1, -0.05) is 78.9 Å². The van der Waals surface area contributed by atoms with Gasteiger partial charge < -0.3 is 15.6 Å². The van der Waals surface area contributed by atoms with Gasteiger partial charge in [0, 0.05) is 29.4 Å². The van der Waals surface area contributed by atoms with Crippen molar-refractivity contribution < 1.29 is 4.79 Å². The van der Waals surface area contributed by atoms with E-state index in [4.69, 9.17) is 0 Å². The van der Waals surface area contributed by atoms with Crippen LogP contribution in [0.3, 0.4) is 0 Å². The number of hydrogen-bond acceptors (Lipinski definition) is 2. The second-order valence-electron chi connectivity index (χ2n) is 8.70. The molecule has 4 heteroatoms. The normalized spacial score (nSPS) is 15.4. The van der Waals surface area contributed by atoms with E-state index in [9.17, 15) is 4.79 Å². The van der Waals surface area contributed by atoms with Crippen LogP contribution in [0.1, 0.15) is 36.8 Å². The molecule has 0 spiro atoms. The highest BCUT2D eigenvalue weighted by Crippen LogP contribution is 2.38. The summed E-state index contributed by atoms with van der Waals surface area (Å²) in [4.78, 5) is 16.2. The predicted molar refractivity (Wildman–Crippen MR) is 131 cm³/mol. The summed E-state index contributed by atoms with van der Waals surface area (Å²) >= 11 is 0. The van der Waals surface area contributed by atoms with E-state index >= 15 is 0 Å². The number of aromatic nitrogens is 1. The number of benzene rings is 3. The van der Waals surface area contributed by atoms with Crippen molar-refractivity contribution in [3.05, 3.63) is 96.1 Å². The lowest BCUT2D eigenvalue weighted by atomic mass is 9.87. The summed E-state index contributed by atoms with van der Waals surface area (Å²) in [6, 6.07) is 29.7. The van der Waals surface area contributed by atoms with E-state index in [0.29, 0.717) is 12.6 Å². The molecule has 3 N–H and O–H groups in total. The van der Waals surface area contributed by atoms with Crippen LogP contribution in [0.5, 0.6) is 0 Å². The van der Waals surface area contributed by atoms with Crippen LogP contribution in [0.2, 0.25) is 0 Å². The minimum atomic E-state index is -0.243. The number of fused-ring (bicyclic) bond motifs is 1. The van der Waals surface area contributed by atoms with Crippen molar-refractivity contribution in [2.24, 2.45) is 0 Å². The highest BCUT2D eigenvalue weighted by molar-refractivity contribution is 5.92. The van der Waals surface area contributed by atoms with Crippen LogP contribution < -0.4 is 10.6 Å². The van der Waals surface area contributed by atoms with Crippen molar-refractivity contribution >= 4 is 16.8 Å². The zero-order valence-electron chi connectivity index (χ0n) is 18.3. The molecule has 0 unspecified atom stereocenters. The van der Waals surface area contributed by atoms with Crippen molar-refractivity contribution in [1.82, 2.24) is 15.6 Å². The van der Waals surface area contributed by atoms with Gasteiger partial charge in [-0.25, -0.2) is 0 Å². The Labute approximate surface area is 189 Å². The lowest BCUT2D eigenvalue weighted by molar-refractivity contribution is -0.122. The van der Waals surface area contributed by atoms with E-state index < -0.39 is 0 Å². The van der Waals surface area contributed by atoms with Gasteiger partial charge in [0.2, 0.25) is 5.91 Å². The molecular formula is C28H29N3O. The van der Waals surface area contributed by atoms with Crippen LogP contribution in [0.25, 0.3) is 22.2 Å². The first-order valence-electron chi connectivity index (χ1n) is 11.5. The Balaban J connectivity index is 1.55. The summed E-state index contributed by atoms with van der Waals surface area (Å²) in [6.07, 6.45) is 2.20. The first-order valence-corrected chi connectivity index (χ1v) is 11.5. The number of rotatable bonds is 8. The maximum atomic E-state index is 12.6. The Hall–Kier alpha value is -3.37. The molecule has 32 heavy (non-hydrogen) atoms. The van der Waals surface area contributed by atoms with Crippen molar-refractivity contribution in [1.29, 1.82) is 0 Å². The van der Waals surface area contributed by atoms with Crippen molar-refractivity contribution in [3.8, 4) is 11.3 Å². The van der Waals surface area contributed by atoms with Gasteiger partial charge in [-0.2, -0.15) is 0 Å². The highest BCUT2D eigenvalue weighted by Gasteiger charge is 2.27. The number of carbonyl (C=O) groups is 1. The summed E-state index contributed by atoms with van der Waals surface area (Å²) in [5.41, 5.74) is 5.93.